The number of sulfonamides is 1. The lowest BCUT2D eigenvalue weighted by Crippen LogP contribution is -2.46. The molecule has 2 N–H and O–H groups in total. The summed E-state index contributed by atoms with van der Waals surface area (Å²) in [6.07, 6.45) is 3.27. The molecule has 0 unspecified atom stereocenters. The SMILES string of the molecule is COc1cc(C(=O)NS(=O)(=O)c2ccccc2Cl)ccc1Cc1cn(C)c2ccc(CCNC(=O)N3CCOCC3)cc12. The van der Waals surface area contributed by atoms with Crippen molar-refractivity contribution < 1.29 is 27.5 Å². The molecule has 4 aromatic rings. The van der Waals surface area contributed by atoms with Crippen LogP contribution in [0.5, 0.6) is 5.75 Å². The average Bonchev–Trinajstić information content (AvgIpc) is 3.31. The van der Waals surface area contributed by atoms with Gasteiger partial charge in [0, 0.05) is 55.8 Å². The van der Waals surface area contributed by atoms with Gasteiger partial charge >= 0.3 is 6.03 Å². The van der Waals surface area contributed by atoms with Gasteiger partial charge in [0.05, 0.1) is 25.3 Å². The summed E-state index contributed by atoms with van der Waals surface area (Å²) in [7, 11) is -0.674. The Morgan fingerprint density at radius 1 is 1.02 bits per heavy atom. The predicted molar refractivity (Wildman–Crippen MR) is 164 cm³/mol. The van der Waals surface area contributed by atoms with E-state index in [4.69, 9.17) is 21.1 Å². The molecular formula is C31H33ClN4O6S. The van der Waals surface area contributed by atoms with Gasteiger partial charge in [0.25, 0.3) is 15.9 Å². The number of ether oxygens (including phenoxy) is 2. The molecule has 5 rings (SSSR count). The third-order valence-electron chi connectivity index (χ3n) is 7.41. The molecule has 1 aliphatic rings. The summed E-state index contributed by atoms with van der Waals surface area (Å²) < 4.78 is 40.5. The third-order valence-corrected chi connectivity index (χ3v) is 9.24. The molecule has 0 spiro atoms. The third kappa shape index (κ3) is 6.96. The maximum atomic E-state index is 12.9. The number of halogens is 1. The van der Waals surface area contributed by atoms with Gasteiger partial charge in [0.1, 0.15) is 10.6 Å². The molecule has 1 aromatic heterocycles. The Bertz CT molecular complexity index is 1770. The molecule has 0 bridgehead atoms. The summed E-state index contributed by atoms with van der Waals surface area (Å²) in [4.78, 5) is 26.9. The Kier molecular flexibility index (Phi) is 9.24. The molecule has 2 heterocycles. The van der Waals surface area contributed by atoms with Crippen LogP contribution in [0.2, 0.25) is 5.02 Å². The van der Waals surface area contributed by atoms with Crippen molar-refractivity contribution in [3.05, 3.63) is 94.1 Å². The van der Waals surface area contributed by atoms with Crippen LogP contribution in [-0.4, -0.2) is 69.8 Å². The fourth-order valence-electron chi connectivity index (χ4n) is 5.14. The van der Waals surface area contributed by atoms with E-state index >= 15 is 0 Å². The highest BCUT2D eigenvalue weighted by molar-refractivity contribution is 7.90. The van der Waals surface area contributed by atoms with Gasteiger partial charge in [-0.3, -0.25) is 4.79 Å². The Morgan fingerprint density at radius 2 is 1.79 bits per heavy atom. The first-order valence-corrected chi connectivity index (χ1v) is 15.7. The molecule has 10 nitrogen and oxygen atoms in total. The minimum atomic E-state index is -4.17. The van der Waals surface area contributed by atoms with E-state index in [0.29, 0.717) is 51.4 Å². The fraction of sp³-hybridized carbons (Fsp3) is 0.290. The molecular weight excluding hydrogens is 592 g/mol. The number of hydrogen-bond acceptors (Lipinski definition) is 6. The molecule has 0 atom stereocenters. The second-order valence-corrected chi connectivity index (χ2v) is 12.3. The monoisotopic (exact) mass is 624 g/mol. The highest BCUT2D eigenvalue weighted by Crippen LogP contribution is 2.29. The Labute approximate surface area is 255 Å². The van der Waals surface area contributed by atoms with Crippen LogP contribution in [0.1, 0.15) is 27.0 Å². The van der Waals surface area contributed by atoms with E-state index in [1.165, 1.54) is 31.4 Å². The Balaban J connectivity index is 1.30. The summed E-state index contributed by atoms with van der Waals surface area (Å²) in [5, 5.41) is 4.09. The zero-order valence-electron chi connectivity index (χ0n) is 23.9. The number of carbonyl (C=O) groups excluding carboxylic acids is 2. The number of amides is 3. The van der Waals surface area contributed by atoms with Crippen molar-refractivity contribution in [2.45, 2.75) is 17.7 Å². The molecule has 12 heteroatoms. The van der Waals surface area contributed by atoms with Crippen molar-refractivity contribution >= 4 is 44.5 Å². The van der Waals surface area contributed by atoms with Crippen LogP contribution in [0, 0.1) is 0 Å². The first kappa shape index (κ1) is 30.4. The molecule has 0 radical (unpaired) electrons. The molecule has 1 fully saturated rings. The number of methoxy groups -OCH3 is 1. The number of urea groups is 1. The highest BCUT2D eigenvalue weighted by Gasteiger charge is 2.22. The highest BCUT2D eigenvalue weighted by atomic mass is 35.5. The zero-order valence-corrected chi connectivity index (χ0v) is 25.5. The summed E-state index contributed by atoms with van der Waals surface area (Å²) in [5.41, 5.74) is 4.20. The maximum absolute atomic E-state index is 12.9. The van der Waals surface area contributed by atoms with Gasteiger partial charge in [0.2, 0.25) is 0 Å². The molecule has 3 amide bonds. The zero-order chi connectivity index (χ0) is 30.6. The van der Waals surface area contributed by atoms with Crippen LogP contribution in [0.3, 0.4) is 0 Å². The molecule has 226 valence electrons. The molecule has 0 saturated carbocycles. The van der Waals surface area contributed by atoms with E-state index in [-0.39, 0.29) is 21.5 Å². The van der Waals surface area contributed by atoms with Crippen molar-refractivity contribution in [3.63, 3.8) is 0 Å². The first-order chi connectivity index (χ1) is 20.7. The topological polar surface area (TPSA) is 119 Å². The van der Waals surface area contributed by atoms with Gasteiger partial charge in [-0.05, 0) is 59.5 Å². The minimum absolute atomic E-state index is 0.0201. The predicted octanol–water partition coefficient (Wildman–Crippen LogP) is 4.13. The number of carbonyl (C=O) groups is 2. The van der Waals surface area contributed by atoms with Gasteiger partial charge in [-0.1, -0.05) is 35.9 Å². The Hall–Kier alpha value is -4.06. The molecule has 3 aromatic carbocycles. The lowest BCUT2D eigenvalue weighted by Gasteiger charge is -2.26. The van der Waals surface area contributed by atoms with Gasteiger partial charge in [-0.15, -0.1) is 0 Å². The van der Waals surface area contributed by atoms with Crippen LogP contribution in [0.15, 0.2) is 71.8 Å². The van der Waals surface area contributed by atoms with Crippen LogP contribution in [0.4, 0.5) is 4.79 Å². The number of aromatic nitrogens is 1. The average molecular weight is 625 g/mol. The van der Waals surface area contributed by atoms with E-state index in [0.717, 1.165) is 27.6 Å². The molecule has 43 heavy (non-hydrogen) atoms. The second-order valence-electron chi connectivity index (χ2n) is 10.3. The van der Waals surface area contributed by atoms with Crippen molar-refractivity contribution in [2.24, 2.45) is 7.05 Å². The lowest BCUT2D eigenvalue weighted by molar-refractivity contribution is 0.0533. The van der Waals surface area contributed by atoms with Gasteiger partial charge < -0.3 is 24.3 Å². The first-order valence-electron chi connectivity index (χ1n) is 13.8. The second kappa shape index (κ2) is 13.1. The van der Waals surface area contributed by atoms with Gasteiger partial charge in [-0.25, -0.2) is 17.9 Å². The van der Waals surface area contributed by atoms with Gasteiger partial charge in [-0.2, -0.15) is 0 Å². The fourth-order valence-corrected chi connectivity index (χ4v) is 6.64. The molecule has 1 saturated heterocycles. The maximum Gasteiger partial charge on any atom is 0.317 e. The largest absolute Gasteiger partial charge is 0.496 e. The minimum Gasteiger partial charge on any atom is -0.496 e. The number of benzene rings is 3. The van der Waals surface area contributed by atoms with E-state index in [1.54, 1.807) is 23.1 Å². The van der Waals surface area contributed by atoms with Crippen LogP contribution >= 0.6 is 11.6 Å². The molecule has 0 aliphatic carbocycles. The number of hydrogen-bond donors (Lipinski definition) is 2. The van der Waals surface area contributed by atoms with Crippen molar-refractivity contribution in [1.82, 2.24) is 19.5 Å². The summed E-state index contributed by atoms with van der Waals surface area (Å²) in [6.45, 7) is 2.84. The smallest absolute Gasteiger partial charge is 0.317 e. The summed E-state index contributed by atoms with van der Waals surface area (Å²) in [6, 6.07) is 17.0. The van der Waals surface area contributed by atoms with E-state index in [1.807, 2.05) is 7.05 Å². The van der Waals surface area contributed by atoms with Gasteiger partial charge in [0.15, 0.2) is 0 Å². The summed E-state index contributed by atoms with van der Waals surface area (Å²) >= 11 is 6.03. The van der Waals surface area contributed by atoms with Crippen LogP contribution in [-0.2, 0) is 34.6 Å². The van der Waals surface area contributed by atoms with Crippen LogP contribution < -0.4 is 14.8 Å². The molecule has 1 aliphatic heterocycles. The number of nitrogens with zero attached hydrogens (tertiary/aromatic N) is 2. The van der Waals surface area contributed by atoms with Crippen molar-refractivity contribution in [2.75, 3.05) is 40.0 Å². The van der Waals surface area contributed by atoms with Crippen molar-refractivity contribution in [1.29, 1.82) is 0 Å². The number of nitrogens with one attached hydrogen (secondary N) is 2. The van der Waals surface area contributed by atoms with E-state index in [9.17, 15) is 18.0 Å². The summed E-state index contributed by atoms with van der Waals surface area (Å²) in [5.74, 6) is -0.331. The van der Waals surface area contributed by atoms with Crippen molar-refractivity contribution in [3.8, 4) is 5.75 Å². The lowest BCUT2D eigenvalue weighted by atomic mass is 10.00. The number of morpholine rings is 1. The van der Waals surface area contributed by atoms with E-state index in [2.05, 4.69) is 39.0 Å². The number of aryl methyl sites for hydroxylation is 1. The quantitative estimate of drug-likeness (QED) is 0.289. The Morgan fingerprint density at radius 3 is 2.53 bits per heavy atom. The standard InChI is InChI=1S/C31H33ClN4O6S/c1-35-20-24(25-17-21(7-10-27(25)35)11-12-33-31(38)36-13-15-42-16-14-36)18-22-8-9-23(19-28(22)41-2)30(37)34-43(39,40)29-6-4-3-5-26(29)32/h3-10,17,19-20H,11-16,18H2,1-2H3,(H,33,38)(H,34,37). The van der Waals surface area contributed by atoms with Crippen LogP contribution in [0.25, 0.3) is 10.9 Å². The normalized spacial score (nSPS) is 13.6. The van der Waals surface area contributed by atoms with E-state index < -0.39 is 15.9 Å². The number of fused-ring (bicyclic) bond motifs is 1. The number of rotatable bonds is 9.